The van der Waals surface area contributed by atoms with Gasteiger partial charge in [0.1, 0.15) is 11.5 Å². The van der Waals surface area contributed by atoms with Crippen molar-refractivity contribution in [1.82, 2.24) is 5.32 Å². The highest BCUT2D eigenvalue weighted by Crippen LogP contribution is 2.16. The predicted octanol–water partition coefficient (Wildman–Crippen LogP) is 2.82. The van der Waals surface area contributed by atoms with Crippen molar-refractivity contribution < 1.29 is 10.2 Å². The van der Waals surface area contributed by atoms with Crippen LogP contribution in [0.1, 0.15) is 18.1 Å². The van der Waals surface area contributed by atoms with Crippen LogP contribution in [0.25, 0.3) is 0 Å². The number of phenolic OH excluding ortho intramolecular Hbond substituents is 2. The third-order valence-electron chi connectivity index (χ3n) is 3.11. The molecule has 0 radical (unpaired) electrons. The zero-order valence-electron chi connectivity index (χ0n) is 11.0. The van der Waals surface area contributed by atoms with Gasteiger partial charge in [0.15, 0.2) is 0 Å². The van der Waals surface area contributed by atoms with Gasteiger partial charge in [-0.1, -0.05) is 30.3 Å². The molecule has 1 atom stereocenters. The summed E-state index contributed by atoms with van der Waals surface area (Å²) in [6.45, 7) is 2.75. The molecule has 0 amide bonds. The van der Waals surface area contributed by atoms with Gasteiger partial charge in [-0.15, -0.1) is 0 Å². The molecule has 0 aliphatic heterocycles. The van der Waals surface area contributed by atoms with E-state index in [4.69, 9.17) is 0 Å². The summed E-state index contributed by atoms with van der Waals surface area (Å²) in [4.78, 5) is 0. The zero-order chi connectivity index (χ0) is 13.7. The van der Waals surface area contributed by atoms with Crippen molar-refractivity contribution in [1.29, 1.82) is 0 Å². The molecule has 100 valence electrons. The van der Waals surface area contributed by atoms with Crippen molar-refractivity contribution >= 4 is 0 Å². The van der Waals surface area contributed by atoms with Gasteiger partial charge in [0.05, 0.1) is 0 Å². The van der Waals surface area contributed by atoms with Gasteiger partial charge in [-0.3, -0.25) is 0 Å². The first-order valence-corrected chi connectivity index (χ1v) is 6.43. The van der Waals surface area contributed by atoms with E-state index in [9.17, 15) is 10.2 Å². The van der Waals surface area contributed by atoms with Crippen LogP contribution < -0.4 is 5.32 Å². The van der Waals surface area contributed by atoms with Crippen LogP contribution in [-0.4, -0.2) is 16.3 Å². The number of aromatic hydroxyl groups is 2. The van der Waals surface area contributed by atoms with Crippen LogP contribution in [0.5, 0.6) is 11.5 Å². The summed E-state index contributed by atoms with van der Waals surface area (Å²) in [6.07, 6.45) is 0.883. The van der Waals surface area contributed by atoms with Crippen LogP contribution in [0.15, 0.2) is 48.5 Å². The molecule has 0 fully saturated rings. The molecule has 0 aliphatic rings. The Hall–Kier alpha value is -2.00. The second kappa shape index (κ2) is 6.25. The minimum absolute atomic E-state index is 0.290. The van der Waals surface area contributed by atoms with Gasteiger partial charge >= 0.3 is 0 Å². The third-order valence-corrected chi connectivity index (χ3v) is 3.11. The van der Waals surface area contributed by atoms with E-state index >= 15 is 0 Å². The van der Waals surface area contributed by atoms with E-state index in [0.29, 0.717) is 24.1 Å². The smallest absolute Gasteiger partial charge is 0.120 e. The molecule has 19 heavy (non-hydrogen) atoms. The van der Waals surface area contributed by atoms with Crippen molar-refractivity contribution in [2.75, 3.05) is 0 Å². The Morgan fingerprint density at radius 1 is 1.00 bits per heavy atom. The largest absolute Gasteiger partial charge is 0.508 e. The molecular formula is C16H19NO2. The highest BCUT2D eigenvalue weighted by Gasteiger charge is 2.05. The Bertz CT molecular complexity index is 523. The predicted molar refractivity (Wildman–Crippen MR) is 76.2 cm³/mol. The number of phenols is 2. The molecule has 2 aromatic rings. The molecular weight excluding hydrogens is 238 g/mol. The number of hydrogen-bond donors (Lipinski definition) is 3. The van der Waals surface area contributed by atoms with Crippen LogP contribution in [0.2, 0.25) is 0 Å². The van der Waals surface area contributed by atoms with Crippen LogP contribution in [0, 0.1) is 0 Å². The van der Waals surface area contributed by atoms with E-state index in [2.05, 4.69) is 12.2 Å². The van der Waals surface area contributed by atoms with E-state index in [0.717, 1.165) is 12.0 Å². The lowest BCUT2D eigenvalue weighted by Gasteiger charge is -2.14. The number of nitrogens with one attached hydrogen (secondary N) is 1. The summed E-state index contributed by atoms with van der Waals surface area (Å²) >= 11 is 0. The fourth-order valence-electron chi connectivity index (χ4n) is 2.00. The molecule has 0 saturated carbocycles. The van der Waals surface area contributed by atoms with Crippen molar-refractivity contribution in [3.05, 3.63) is 59.7 Å². The first-order valence-electron chi connectivity index (χ1n) is 6.43. The average Bonchev–Trinajstić information content (AvgIpc) is 2.40. The maximum atomic E-state index is 9.68. The van der Waals surface area contributed by atoms with E-state index < -0.39 is 0 Å². The molecule has 0 heterocycles. The highest BCUT2D eigenvalue weighted by molar-refractivity contribution is 5.31. The quantitative estimate of drug-likeness (QED) is 0.772. The minimum Gasteiger partial charge on any atom is -0.508 e. The third kappa shape index (κ3) is 4.00. The number of benzene rings is 2. The van der Waals surface area contributed by atoms with Crippen LogP contribution in [0.4, 0.5) is 0 Å². The van der Waals surface area contributed by atoms with E-state index in [1.807, 2.05) is 30.3 Å². The van der Waals surface area contributed by atoms with Crippen LogP contribution >= 0.6 is 0 Å². The van der Waals surface area contributed by atoms with Gasteiger partial charge in [0.2, 0.25) is 0 Å². The fourth-order valence-corrected chi connectivity index (χ4v) is 2.00. The van der Waals surface area contributed by atoms with E-state index in [1.165, 1.54) is 5.56 Å². The monoisotopic (exact) mass is 257 g/mol. The van der Waals surface area contributed by atoms with Crippen molar-refractivity contribution in [2.45, 2.75) is 25.9 Å². The van der Waals surface area contributed by atoms with Crippen LogP contribution in [0.3, 0.4) is 0 Å². The minimum atomic E-state index is 0.290. The molecule has 0 aromatic heterocycles. The lowest BCUT2D eigenvalue weighted by Crippen LogP contribution is -2.27. The van der Waals surface area contributed by atoms with Gasteiger partial charge in [-0.25, -0.2) is 0 Å². The molecule has 0 saturated heterocycles. The number of rotatable bonds is 5. The molecule has 3 nitrogen and oxygen atoms in total. The standard InChI is InChI=1S/C16H19NO2/c1-12(10-13-6-8-15(18)9-7-13)17-11-14-4-2-3-5-16(14)19/h2-9,12,17-19H,10-11H2,1H3. The Kier molecular flexibility index (Phi) is 4.42. The maximum Gasteiger partial charge on any atom is 0.120 e. The SMILES string of the molecule is CC(Cc1ccc(O)cc1)NCc1ccccc1O. The van der Waals surface area contributed by atoms with Crippen molar-refractivity contribution in [3.8, 4) is 11.5 Å². The highest BCUT2D eigenvalue weighted by atomic mass is 16.3. The second-order valence-corrected chi connectivity index (χ2v) is 4.78. The topological polar surface area (TPSA) is 52.5 Å². The Labute approximate surface area is 113 Å². The van der Waals surface area contributed by atoms with Gasteiger partial charge in [-0.2, -0.15) is 0 Å². The molecule has 3 N–H and O–H groups in total. The summed E-state index contributed by atoms with van der Waals surface area (Å²) in [6, 6.07) is 14.9. The summed E-state index contributed by atoms with van der Waals surface area (Å²) in [5.74, 6) is 0.616. The van der Waals surface area contributed by atoms with Gasteiger partial charge in [-0.05, 0) is 37.1 Å². The molecule has 0 aliphatic carbocycles. The van der Waals surface area contributed by atoms with Gasteiger partial charge < -0.3 is 15.5 Å². The first-order chi connectivity index (χ1) is 9.15. The molecule has 0 spiro atoms. The summed E-state index contributed by atoms with van der Waals surface area (Å²) in [5.41, 5.74) is 2.08. The normalized spacial score (nSPS) is 12.3. The van der Waals surface area contributed by atoms with Gasteiger partial charge in [0, 0.05) is 18.2 Å². The number of para-hydroxylation sites is 1. The average molecular weight is 257 g/mol. The Morgan fingerprint density at radius 2 is 1.68 bits per heavy atom. The van der Waals surface area contributed by atoms with E-state index in [1.54, 1.807) is 18.2 Å². The van der Waals surface area contributed by atoms with Gasteiger partial charge in [0.25, 0.3) is 0 Å². The molecule has 3 heteroatoms. The molecule has 1 unspecified atom stereocenters. The Balaban J connectivity index is 1.86. The maximum absolute atomic E-state index is 9.68. The zero-order valence-corrected chi connectivity index (χ0v) is 11.0. The molecule has 2 rings (SSSR count). The second-order valence-electron chi connectivity index (χ2n) is 4.78. The van der Waals surface area contributed by atoms with E-state index in [-0.39, 0.29) is 0 Å². The lowest BCUT2D eigenvalue weighted by molar-refractivity contribution is 0.458. The first kappa shape index (κ1) is 13.4. The summed E-state index contributed by atoms with van der Waals surface area (Å²) in [7, 11) is 0. The molecule has 0 bridgehead atoms. The van der Waals surface area contributed by atoms with Crippen LogP contribution in [-0.2, 0) is 13.0 Å². The Morgan fingerprint density at radius 3 is 2.37 bits per heavy atom. The number of hydrogen-bond acceptors (Lipinski definition) is 3. The molecule has 2 aromatic carbocycles. The van der Waals surface area contributed by atoms with Crippen molar-refractivity contribution in [3.63, 3.8) is 0 Å². The van der Waals surface area contributed by atoms with Crippen molar-refractivity contribution in [2.24, 2.45) is 0 Å². The summed E-state index contributed by atoms with van der Waals surface area (Å²) < 4.78 is 0. The fraction of sp³-hybridized carbons (Fsp3) is 0.250. The lowest BCUT2D eigenvalue weighted by atomic mass is 10.1. The summed E-state index contributed by atoms with van der Waals surface area (Å²) in [5, 5.41) is 22.3.